The highest BCUT2D eigenvalue weighted by molar-refractivity contribution is 6.30. The van der Waals surface area contributed by atoms with Gasteiger partial charge in [-0.2, -0.15) is 18.4 Å². The van der Waals surface area contributed by atoms with Crippen LogP contribution in [0.25, 0.3) is 0 Å². The number of anilines is 2. The topological polar surface area (TPSA) is 81.5 Å². The second kappa shape index (κ2) is 11.4. The number of rotatable bonds is 6. The van der Waals surface area contributed by atoms with Crippen LogP contribution in [-0.4, -0.2) is 60.7 Å². The maximum Gasteiger partial charge on any atom is 0.417 e. The summed E-state index contributed by atoms with van der Waals surface area (Å²) >= 11 is 5.89. The molecule has 2 aromatic rings. The normalized spacial score (nSPS) is 20.6. The Morgan fingerprint density at radius 2 is 1.86 bits per heavy atom. The number of aromatic nitrogens is 1. The zero-order valence-electron chi connectivity index (χ0n) is 19.6. The van der Waals surface area contributed by atoms with Crippen molar-refractivity contribution in [3.63, 3.8) is 0 Å². The van der Waals surface area contributed by atoms with E-state index < -0.39 is 17.3 Å². The lowest BCUT2D eigenvalue weighted by Gasteiger charge is -2.36. The highest BCUT2D eigenvalue weighted by Gasteiger charge is 2.34. The Hall–Kier alpha value is -3.03. The maximum absolute atomic E-state index is 13.2. The first-order valence-electron chi connectivity index (χ1n) is 11.9. The van der Waals surface area contributed by atoms with E-state index in [9.17, 15) is 18.0 Å². The van der Waals surface area contributed by atoms with Crippen molar-refractivity contribution in [2.75, 3.05) is 43.0 Å². The van der Waals surface area contributed by atoms with Crippen molar-refractivity contribution in [2.24, 2.45) is 0 Å². The summed E-state index contributed by atoms with van der Waals surface area (Å²) in [4.78, 5) is 20.9. The average Bonchev–Trinajstić information content (AvgIpc) is 2.88. The molecule has 0 unspecified atom stereocenters. The Kier molecular flexibility index (Phi) is 8.21. The number of ether oxygens (including phenoxy) is 1. The Morgan fingerprint density at radius 3 is 2.47 bits per heavy atom. The summed E-state index contributed by atoms with van der Waals surface area (Å²) in [6.07, 6.45) is -0.179. The minimum Gasteiger partial charge on any atom is -0.382 e. The third kappa shape index (κ3) is 6.59. The van der Waals surface area contributed by atoms with E-state index in [0.29, 0.717) is 62.6 Å². The molecule has 1 N–H and O–H groups in total. The summed E-state index contributed by atoms with van der Waals surface area (Å²) in [6, 6.07) is 8.94. The minimum atomic E-state index is -4.58. The summed E-state index contributed by atoms with van der Waals surface area (Å²) in [5, 5.41) is 12.7. The van der Waals surface area contributed by atoms with E-state index in [0.717, 1.165) is 11.9 Å². The van der Waals surface area contributed by atoms with E-state index in [1.165, 1.54) is 12.1 Å². The number of benzene rings is 1. The number of amides is 1. The Bertz CT molecular complexity index is 1090. The molecule has 0 bridgehead atoms. The van der Waals surface area contributed by atoms with Crippen molar-refractivity contribution in [3.05, 3.63) is 52.7 Å². The highest BCUT2D eigenvalue weighted by atomic mass is 35.5. The van der Waals surface area contributed by atoms with E-state index >= 15 is 0 Å². The molecule has 1 saturated carbocycles. The van der Waals surface area contributed by atoms with Gasteiger partial charge in [-0.05, 0) is 56.0 Å². The van der Waals surface area contributed by atoms with Gasteiger partial charge in [0.25, 0.3) is 0 Å². The van der Waals surface area contributed by atoms with Crippen molar-refractivity contribution in [2.45, 2.75) is 44.0 Å². The third-order valence-electron chi connectivity index (χ3n) is 6.60. The number of hydrogen-bond donors (Lipinski definition) is 1. The molecule has 0 radical (unpaired) electrons. The van der Waals surface area contributed by atoms with Crippen LogP contribution in [0.4, 0.5) is 24.7 Å². The van der Waals surface area contributed by atoms with Crippen molar-refractivity contribution in [3.8, 4) is 6.07 Å². The molecule has 36 heavy (non-hydrogen) atoms. The van der Waals surface area contributed by atoms with Crippen molar-refractivity contribution < 1.29 is 22.7 Å². The maximum atomic E-state index is 13.2. The monoisotopic (exact) mass is 521 g/mol. The molecular weight excluding hydrogens is 495 g/mol. The number of pyridine rings is 1. The lowest BCUT2D eigenvalue weighted by molar-refractivity contribution is -0.139. The first-order chi connectivity index (χ1) is 17.2. The predicted molar refractivity (Wildman–Crippen MR) is 130 cm³/mol. The van der Waals surface area contributed by atoms with Crippen LogP contribution < -0.4 is 10.2 Å². The van der Waals surface area contributed by atoms with Gasteiger partial charge in [-0.1, -0.05) is 11.6 Å². The molecule has 11 heteroatoms. The second-order valence-corrected chi connectivity index (χ2v) is 9.44. The van der Waals surface area contributed by atoms with Gasteiger partial charge in [-0.3, -0.25) is 4.79 Å². The van der Waals surface area contributed by atoms with Crippen molar-refractivity contribution >= 4 is 29.0 Å². The lowest BCUT2D eigenvalue weighted by Crippen LogP contribution is -2.50. The summed E-state index contributed by atoms with van der Waals surface area (Å²) in [7, 11) is 0. The Labute approximate surface area is 212 Å². The number of alkyl halides is 3. The van der Waals surface area contributed by atoms with Gasteiger partial charge in [-0.15, -0.1) is 0 Å². The van der Waals surface area contributed by atoms with E-state index in [-0.39, 0.29) is 24.7 Å². The summed E-state index contributed by atoms with van der Waals surface area (Å²) in [5.74, 6) is 0.792. The quantitative estimate of drug-likeness (QED) is 0.593. The number of nitrogens with zero attached hydrogens (tertiary/aromatic N) is 4. The van der Waals surface area contributed by atoms with Gasteiger partial charge in [0.2, 0.25) is 5.91 Å². The van der Waals surface area contributed by atoms with Crippen LogP contribution in [0.2, 0.25) is 5.02 Å². The van der Waals surface area contributed by atoms with E-state index in [1.807, 2.05) is 6.07 Å². The Morgan fingerprint density at radius 1 is 1.14 bits per heavy atom. The molecule has 2 heterocycles. The average molecular weight is 522 g/mol. The number of halogens is 4. The van der Waals surface area contributed by atoms with E-state index in [1.54, 1.807) is 23.2 Å². The van der Waals surface area contributed by atoms with Crippen LogP contribution in [0.1, 0.15) is 36.8 Å². The van der Waals surface area contributed by atoms with Gasteiger partial charge in [0.1, 0.15) is 12.4 Å². The fourth-order valence-electron chi connectivity index (χ4n) is 4.60. The molecular formula is C25H27ClF3N5O2. The fraction of sp³-hybridized carbons (Fsp3) is 0.480. The van der Waals surface area contributed by atoms with Gasteiger partial charge in [0, 0.05) is 44.1 Å². The molecule has 192 valence electrons. The van der Waals surface area contributed by atoms with Crippen LogP contribution in [0, 0.1) is 11.3 Å². The lowest BCUT2D eigenvalue weighted by atomic mass is 9.92. The number of nitriles is 1. The smallest absolute Gasteiger partial charge is 0.382 e. The van der Waals surface area contributed by atoms with Gasteiger partial charge in [0.05, 0.1) is 28.3 Å². The third-order valence-corrected chi connectivity index (χ3v) is 6.82. The molecule has 1 aliphatic carbocycles. The fourth-order valence-corrected chi connectivity index (χ4v) is 4.71. The molecule has 1 aromatic carbocycles. The predicted octanol–water partition coefficient (Wildman–Crippen LogP) is 4.71. The van der Waals surface area contributed by atoms with Gasteiger partial charge >= 0.3 is 6.18 Å². The molecule has 4 rings (SSSR count). The molecule has 2 aliphatic rings. The van der Waals surface area contributed by atoms with Crippen molar-refractivity contribution in [1.82, 2.24) is 9.88 Å². The van der Waals surface area contributed by atoms with E-state index in [4.69, 9.17) is 21.6 Å². The molecule has 1 saturated heterocycles. The summed E-state index contributed by atoms with van der Waals surface area (Å²) < 4.78 is 45.5. The van der Waals surface area contributed by atoms with Gasteiger partial charge in [-0.25, -0.2) is 4.98 Å². The minimum absolute atomic E-state index is 0.00382. The first-order valence-corrected chi connectivity index (χ1v) is 12.2. The van der Waals surface area contributed by atoms with Crippen LogP contribution in [0.15, 0.2) is 36.5 Å². The van der Waals surface area contributed by atoms with Crippen molar-refractivity contribution in [1.29, 1.82) is 5.26 Å². The molecule has 0 atom stereocenters. The summed E-state index contributed by atoms with van der Waals surface area (Å²) in [5.41, 5.74) is -0.984. The first kappa shape index (κ1) is 26.0. The molecule has 0 spiro atoms. The molecule has 2 fully saturated rings. The Balaban J connectivity index is 1.19. The van der Waals surface area contributed by atoms with Gasteiger partial charge in [0.15, 0.2) is 0 Å². The highest BCUT2D eigenvalue weighted by Crippen LogP contribution is 2.34. The second-order valence-electron chi connectivity index (χ2n) is 9.00. The summed E-state index contributed by atoms with van der Waals surface area (Å²) in [6.45, 7) is 2.57. The molecule has 1 amide bonds. The van der Waals surface area contributed by atoms with Gasteiger partial charge < -0.3 is 19.9 Å². The standard InChI is InChI=1S/C25H27ClF3N5O2/c26-18-2-8-23(31-15-18)33-9-11-34(12-10-33)24(35)16-36-21-6-4-19(5-7-21)32-20-3-1-17(14-30)22(13-20)25(27,28)29/h1-3,8,13,15,19,21,32H,4-7,9-12,16H2. The van der Waals surface area contributed by atoms with Crippen LogP contribution in [0.3, 0.4) is 0 Å². The van der Waals surface area contributed by atoms with E-state index in [2.05, 4.69) is 15.2 Å². The van der Waals surface area contributed by atoms with Crippen LogP contribution >= 0.6 is 11.6 Å². The molecule has 7 nitrogen and oxygen atoms in total. The zero-order chi connectivity index (χ0) is 25.7. The number of carbonyl (C=O) groups is 1. The number of carbonyl (C=O) groups excluding carboxylic acids is 1. The van der Waals surface area contributed by atoms with Crippen LogP contribution in [0.5, 0.6) is 0 Å². The number of piperazine rings is 1. The molecule has 1 aliphatic heterocycles. The number of nitrogens with one attached hydrogen (secondary N) is 1. The largest absolute Gasteiger partial charge is 0.417 e. The number of hydrogen-bond acceptors (Lipinski definition) is 6. The zero-order valence-corrected chi connectivity index (χ0v) is 20.4. The molecule has 1 aromatic heterocycles. The SMILES string of the molecule is N#Cc1ccc(NC2CCC(OCC(=O)N3CCN(c4ccc(Cl)cn4)CC3)CC2)cc1C(F)(F)F. The van der Waals surface area contributed by atoms with Crippen LogP contribution in [-0.2, 0) is 15.7 Å².